The van der Waals surface area contributed by atoms with Crippen LogP contribution in [0.1, 0.15) is 35.1 Å². The number of anilines is 2. The van der Waals surface area contributed by atoms with Crippen LogP contribution in [0, 0.1) is 0 Å². The predicted molar refractivity (Wildman–Crippen MR) is 114 cm³/mol. The van der Waals surface area contributed by atoms with Gasteiger partial charge in [-0.05, 0) is 12.8 Å². The highest BCUT2D eigenvalue weighted by atomic mass is 32.1. The molecular weight excluding hydrogens is 407 g/mol. The molecule has 3 atom stereocenters. The third kappa shape index (κ3) is 4.07. The number of hydrogen-bond donors (Lipinski definition) is 3. The Bertz CT molecular complexity index is 1030. The molecule has 3 heterocycles. The Morgan fingerprint density at radius 2 is 2.10 bits per heavy atom. The maximum absolute atomic E-state index is 13.9. The number of aromatic nitrogens is 3. The van der Waals surface area contributed by atoms with E-state index in [1.165, 1.54) is 17.5 Å². The summed E-state index contributed by atoms with van der Waals surface area (Å²) in [4.78, 5) is 17.3. The van der Waals surface area contributed by atoms with Gasteiger partial charge in [0.2, 0.25) is 0 Å². The first-order chi connectivity index (χ1) is 14.4. The number of ether oxygens (including phenoxy) is 1. The van der Waals surface area contributed by atoms with Crippen molar-refractivity contribution in [1.82, 2.24) is 14.8 Å². The highest BCUT2D eigenvalue weighted by Gasteiger charge is 2.30. The Morgan fingerprint density at radius 3 is 2.87 bits per heavy atom. The summed E-state index contributed by atoms with van der Waals surface area (Å²) in [5.41, 5.74) is 14.1. The maximum atomic E-state index is 13.9. The van der Waals surface area contributed by atoms with Crippen molar-refractivity contribution in [1.29, 1.82) is 0 Å². The fraction of sp³-hybridized carbons (Fsp3) is 0.350. The van der Waals surface area contributed by atoms with E-state index < -0.39 is 24.2 Å². The van der Waals surface area contributed by atoms with Gasteiger partial charge in [0.1, 0.15) is 22.3 Å². The number of carbonyl (C=O) groups excluding carboxylic acids is 1. The van der Waals surface area contributed by atoms with Crippen LogP contribution in [0.3, 0.4) is 0 Å². The van der Waals surface area contributed by atoms with Gasteiger partial charge in [0.25, 0.3) is 5.91 Å². The molecule has 3 aromatic rings. The lowest BCUT2D eigenvalue weighted by Crippen LogP contribution is -2.32. The summed E-state index contributed by atoms with van der Waals surface area (Å²) in [5, 5.41) is 8.05. The molecule has 1 fully saturated rings. The number of alkyl halides is 1. The zero-order valence-corrected chi connectivity index (χ0v) is 17.2. The van der Waals surface area contributed by atoms with Crippen LogP contribution < -0.4 is 16.8 Å². The Morgan fingerprint density at radius 1 is 1.33 bits per heavy atom. The van der Waals surface area contributed by atoms with Crippen molar-refractivity contribution in [2.24, 2.45) is 12.8 Å². The molecule has 0 spiro atoms. The third-order valence-electron chi connectivity index (χ3n) is 5.11. The van der Waals surface area contributed by atoms with E-state index >= 15 is 0 Å². The summed E-state index contributed by atoms with van der Waals surface area (Å²) < 4.78 is 21.2. The van der Waals surface area contributed by atoms with Crippen molar-refractivity contribution in [3.05, 3.63) is 47.9 Å². The molecule has 0 saturated carbocycles. The number of aryl methyl sites for hydroxylation is 1. The average molecular weight is 431 g/mol. The van der Waals surface area contributed by atoms with E-state index in [1.807, 2.05) is 30.3 Å². The minimum absolute atomic E-state index is 0.0934. The Kier molecular flexibility index (Phi) is 5.80. The molecule has 1 saturated heterocycles. The van der Waals surface area contributed by atoms with Gasteiger partial charge in [0.15, 0.2) is 5.69 Å². The van der Waals surface area contributed by atoms with Crippen molar-refractivity contribution in [3.63, 3.8) is 0 Å². The first-order valence-corrected chi connectivity index (χ1v) is 10.4. The number of nitrogens with zero attached hydrogens (tertiary/aromatic N) is 3. The Hall–Kier alpha value is -2.82. The van der Waals surface area contributed by atoms with Gasteiger partial charge in [-0.25, -0.2) is 9.37 Å². The molecule has 0 aliphatic carbocycles. The van der Waals surface area contributed by atoms with E-state index in [0.717, 1.165) is 5.56 Å². The van der Waals surface area contributed by atoms with Crippen molar-refractivity contribution in [2.45, 2.75) is 31.2 Å². The van der Waals surface area contributed by atoms with Crippen molar-refractivity contribution in [2.75, 3.05) is 17.7 Å². The number of halogens is 1. The third-order valence-corrected chi connectivity index (χ3v) is 6.04. The van der Waals surface area contributed by atoms with Crippen LogP contribution in [-0.4, -0.2) is 39.5 Å². The zero-order chi connectivity index (χ0) is 21.3. The molecule has 0 radical (unpaired) electrons. The van der Waals surface area contributed by atoms with Crippen LogP contribution >= 0.6 is 11.3 Å². The van der Waals surface area contributed by atoms with E-state index in [1.54, 1.807) is 11.7 Å². The van der Waals surface area contributed by atoms with Crippen molar-refractivity contribution >= 4 is 27.9 Å². The molecule has 10 heteroatoms. The smallest absolute Gasteiger partial charge is 0.277 e. The maximum Gasteiger partial charge on any atom is 0.277 e. The SMILES string of the molecule is Cn1ncc(NC(=O)c2nc(-c3ccccc3)sc2N)c1C1CCC(N)C(F)CO1. The van der Waals surface area contributed by atoms with Gasteiger partial charge in [-0.3, -0.25) is 9.48 Å². The summed E-state index contributed by atoms with van der Waals surface area (Å²) in [6.45, 7) is -0.0934. The second-order valence-electron chi connectivity index (χ2n) is 7.20. The van der Waals surface area contributed by atoms with Gasteiger partial charge < -0.3 is 21.5 Å². The summed E-state index contributed by atoms with van der Waals surface area (Å²) in [6, 6.07) is 8.96. The number of nitrogen functional groups attached to an aromatic ring is 1. The minimum atomic E-state index is -1.22. The monoisotopic (exact) mass is 430 g/mol. The Labute approximate surface area is 177 Å². The summed E-state index contributed by atoms with van der Waals surface area (Å²) in [5.74, 6) is -0.436. The minimum Gasteiger partial charge on any atom is -0.389 e. The lowest BCUT2D eigenvalue weighted by molar-refractivity contribution is 0.0247. The summed E-state index contributed by atoms with van der Waals surface area (Å²) in [7, 11) is 1.75. The molecule has 1 amide bonds. The van der Waals surface area contributed by atoms with Crippen LogP contribution in [0.5, 0.6) is 0 Å². The normalized spacial score (nSPS) is 21.9. The second-order valence-corrected chi connectivity index (χ2v) is 8.23. The van der Waals surface area contributed by atoms with E-state index in [4.69, 9.17) is 16.2 Å². The molecule has 8 nitrogen and oxygen atoms in total. The fourth-order valence-corrected chi connectivity index (χ4v) is 4.29. The van der Waals surface area contributed by atoms with Gasteiger partial charge >= 0.3 is 0 Å². The largest absolute Gasteiger partial charge is 0.389 e. The number of carbonyl (C=O) groups is 1. The quantitative estimate of drug-likeness (QED) is 0.585. The zero-order valence-electron chi connectivity index (χ0n) is 16.4. The first-order valence-electron chi connectivity index (χ1n) is 9.60. The highest BCUT2D eigenvalue weighted by Crippen LogP contribution is 2.34. The van der Waals surface area contributed by atoms with Gasteiger partial charge in [0, 0.05) is 18.7 Å². The molecular formula is C20H23FN6O2S. The van der Waals surface area contributed by atoms with Crippen LogP contribution in [0.4, 0.5) is 15.1 Å². The van der Waals surface area contributed by atoms with Gasteiger partial charge in [-0.2, -0.15) is 5.10 Å². The molecule has 158 valence electrons. The van der Waals surface area contributed by atoms with E-state index in [-0.39, 0.29) is 12.3 Å². The lowest BCUT2D eigenvalue weighted by atomic mass is 10.0. The van der Waals surface area contributed by atoms with Crippen molar-refractivity contribution in [3.8, 4) is 10.6 Å². The number of nitrogens with two attached hydrogens (primary N) is 2. The van der Waals surface area contributed by atoms with Crippen molar-refractivity contribution < 1.29 is 13.9 Å². The molecule has 1 aromatic carbocycles. The van der Waals surface area contributed by atoms with Gasteiger partial charge in [0.05, 0.1) is 24.2 Å². The highest BCUT2D eigenvalue weighted by molar-refractivity contribution is 7.19. The van der Waals surface area contributed by atoms with E-state index in [2.05, 4.69) is 15.4 Å². The number of amides is 1. The standard InChI is InChI=1S/C20H23FN6O2S/c1-27-17(15-8-7-13(22)12(21)10-29-15)14(9-24-27)25-19(28)16-18(23)30-20(26-16)11-5-3-2-4-6-11/h2-6,9,12-13,15H,7-8,10,22-23H2,1H3,(H,25,28). The number of nitrogens with one attached hydrogen (secondary N) is 1. The number of hydrogen-bond acceptors (Lipinski definition) is 7. The second kappa shape index (κ2) is 8.50. The molecule has 2 aromatic heterocycles. The topological polar surface area (TPSA) is 121 Å². The molecule has 1 aliphatic rings. The summed E-state index contributed by atoms with van der Waals surface area (Å²) in [6.07, 6.45) is 0.902. The lowest BCUT2D eigenvalue weighted by Gasteiger charge is -2.17. The van der Waals surface area contributed by atoms with Crippen LogP contribution in [-0.2, 0) is 11.8 Å². The molecule has 0 bridgehead atoms. The van der Waals surface area contributed by atoms with Crippen LogP contribution in [0.15, 0.2) is 36.5 Å². The predicted octanol–water partition coefficient (Wildman–Crippen LogP) is 2.90. The van der Waals surface area contributed by atoms with Crippen LogP contribution in [0.2, 0.25) is 0 Å². The molecule has 4 rings (SSSR count). The van der Waals surface area contributed by atoms with Gasteiger partial charge in [-0.1, -0.05) is 41.7 Å². The molecule has 1 aliphatic heterocycles. The average Bonchev–Trinajstić information content (AvgIpc) is 3.26. The first kappa shape index (κ1) is 20.5. The molecule has 3 unspecified atom stereocenters. The van der Waals surface area contributed by atoms with E-state index in [9.17, 15) is 9.18 Å². The fourth-order valence-electron chi connectivity index (χ4n) is 3.46. The number of thiazole rings is 1. The van der Waals surface area contributed by atoms with E-state index in [0.29, 0.717) is 34.2 Å². The molecule has 30 heavy (non-hydrogen) atoms. The number of benzene rings is 1. The number of rotatable bonds is 4. The Balaban J connectivity index is 1.56. The molecule has 5 N–H and O–H groups in total. The summed E-state index contributed by atoms with van der Waals surface area (Å²) >= 11 is 1.25. The van der Waals surface area contributed by atoms with Gasteiger partial charge in [-0.15, -0.1) is 0 Å². The van der Waals surface area contributed by atoms with Crippen LogP contribution in [0.25, 0.3) is 10.6 Å².